The average Bonchev–Trinajstić information content (AvgIpc) is 3.73. The van der Waals surface area contributed by atoms with Crippen LogP contribution in [0.4, 0.5) is 5.69 Å². The Morgan fingerprint density at radius 2 is 1.76 bits per heavy atom. The predicted octanol–water partition coefficient (Wildman–Crippen LogP) is 6.74. The van der Waals surface area contributed by atoms with Crippen LogP contribution in [0.2, 0.25) is 0 Å². The van der Waals surface area contributed by atoms with Gasteiger partial charge in [0, 0.05) is 47.0 Å². The summed E-state index contributed by atoms with van der Waals surface area (Å²) >= 11 is 0. The summed E-state index contributed by atoms with van der Waals surface area (Å²) in [7, 11) is 0. The SMILES string of the molecule is C=C(Nc1cncc(-c2ccc3[nH]nc(-c4nc5c(-c6cccnc6)nccc5[nH]4)c3c2)c1)C1CCCC1. The Kier molecular flexibility index (Phi) is 5.43. The number of hydrogen-bond acceptors (Lipinski definition) is 6. The van der Waals surface area contributed by atoms with Crippen LogP contribution in [-0.4, -0.2) is 35.1 Å². The van der Waals surface area contributed by atoms with Crippen molar-refractivity contribution in [1.29, 1.82) is 0 Å². The van der Waals surface area contributed by atoms with Gasteiger partial charge in [-0.1, -0.05) is 25.5 Å². The Hall–Kier alpha value is -4.85. The molecule has 0 saturated heterocycles. The number of hydrogen-bond donors (Lipinski definition) is 3. The quantitative estimate of drug-likeness (QED) is 0.235. The van der Waals surface area contributed by atoms with Crippen LogP contribution in [0.5, 0.6) is 0 Å². The number of nitrogens with one attached hydrogen (secondary N) is 3. The van der Waals surface area contributed by atoms with Crippen molar-refractivity contribution in [3.63, 3.8) is 0 Å². The van der Waals surface area contributed by atoms with E-state index in [9.17, 15) is 0 Å². The molecule has 7 rings (SSSR count). The number of aromatic nitrogens is 7. The lowest BCUT2D eigenvalue weighted by Crippen LogP contribution is -2.07. The molecule has 8 nitrogen and oxygen atoms in total. The molecule has 3 N–H and O–H groups in total. The number of H-pyrrole nitrogens is 2. The number of rotatable bonds is 6. The Labute approximate surface area is 219 Å². The fraction of sp³-hybridized carbons (Fsp3) is 0.167. The third-order valence-electron chi connectivity index (χ3n) is 7.35. The van der Waals surface area contributed by atoms with Crippen molar-refractivity contribution >= 4 is 27.6 Å². The van der Waals surface area contributed by atoms with Gasteiger partial charge in [-0.15, -0.1) is 0 Å². The molecule has 0 unspecified atom stereocenters. The second-order valence-electron chi connectivity index (χ2n) is 9.81. The van der Waals surface area contributed by atoms with E-state index in [4.69, 9.17) is 4.98 Å². The number of pyridine rings is 3. The number of allylic oxidation sites excluding steroid dienone is 1. The molecule has 38 heavy (non-hydrogen) atoms. The second-order valence-corrected chi connectivity index (χ2v) is 9.81. The van der Waals surface area contributed by atoms with Gasteiger partial charge in [-0.3, -0.25) is 20.1 Å². The van der Waals surface area contributed by atoms with Crippen LogP contribution in [0.1, 0.15) is 25.7 Å². The minimum absolute atomic E-state index is 0.543. The number of aromatic amines is 2. The Morgan fingerprint density at radius 3 is 2.63 bits per heavy atom. The minimum Gasteiger partial charge on any atom is -0.358 e. The highest BCUT2D eigenvalue weighted by atomic mass is 15.1. The van der Waals surface area contributed by atoms with Crippen molar-refractivity contribution in [2.45, 2.75) is 25.7 Å². The first-order valence-electron chi connectivity index (χ1n) is 12.9. The van der Waals surface area contributed by atoms with E-state index in [0.717, 1.165) is 61.4 Å². The molecule has 1 fully saturated rings. The fourth-order valence-corrected chi connectivity index (χ4v) is 5.36. The van der Waals surface area contributed by atoms with E-state index in [1.54, 1.807) is 18.6 Å². The first-order valence-corrected chi connectivity index (χ1v) is 12.9. The fourth-order valence-electron chi connectivity index (χ4n) is 5.36. The maximum atomic E-state index is 4.91. The van der Waals surface area contributed by atoms with E-state index in [2.05, 4.69) is 60.2 Å². The van der Waals surface area contributed by atoms with Crippen LogP contribution in [0.25, 0.3) is 55.8 Å². The number of fused-ring (bicyclic) bond motifs is 2. The van der Waals surface area contributed by atoms with Gasteiger partial charge in [-0.25, -0.2) is 4.98 Å². The molecular formula is C30H26N8. The van der Waals surface area contributed by atoms with Gasteiger partial charge in [-0.05, 0) is 60.7 Å². The van der Waals surface area contributed by atoms with Crippen LogP contribution in [0.15, 0.2) is 85.7 Å². The highest BCUT2D eigenvalue weighted by Crippen LogP contribution is 2.34. The van der Waals surface area contributed by atoms with Crippen molar-refractivity contribution in [2.75, 3.05) is 5.32 Å². The first-order chi connectivity index (χ1) is 18.7. The summed E-state index contributed by atoms with van der Waals surface area (Å²) < 4.78 is 0. The topological polar surface area (TPSA) is 108 Å². The van der Waals surface area contributed by atoms with Gasteiger partial charge in [0.2, 0.25) is 0 Å². The van der Waals surface area contributed by atoms with E-state index in [0.29, 0.717) is 11.7 Å². The van der Waals surface area contributed by atoms with Gasteiger partial charge in [0.05, 0.1) is 28.6 Å². The largest absolute Gasteiger partial charge is 0.358 e. The normalized spacial score (nSPS) is 13.9. The molecule has 1 aromatic carbocycles. The molecule has 0 radical (unpaired) electrons. The molecule has 0 bridgehead atoms. The Bertz CT molecular complexity index is 1780. The first kappa shape index (κ1) is 22.4. The van der Waals surface area contributed by atoms with E-state index in [1.807, 2.05) is 36.7 Å². The molecule has 5 aromatic heterocycles. The third kappa shape index (κ3) is 4.00. The zero-order valence-electron chi connectivity index (χ0n) is 20.8. The number of nitrogens with zero attached hydrogens (tertiary/aromatic N) is 5. The van der Waals surface area contributed by atoms with E-state index in [1.165, 1.54) is 25.7 Å². The van der Waals surface area contributed by atoms with Crippen LogP contribution in [0, 0.1) is 5.92 Å². The molecule has 0 amide bonds. The van der Waals surface area contributed by atoms with Crippen LogP contribution < -0.4 is 5.32 Å². The molecule has 8 heteroatoms. The predicted molar refractivity (Wildman–Crippen MR) is 150 cm³/mol. The van der Waals surface area contributed by atoms with Crippen molar-refractivity contribution < 1.29 is 0 Å². The Morgan fingerprint density at radius 1 is 0.868 bits per heavy atom. The summed E-state index contributed by atoms with van der Waals surface area (Å²) in [5.41, 5.74) is 9.19. The third-order valence-corrected chi connectivity index (χ3v) is 7.35. The summed E-state index contributed by atoms with van der Waals surface area (Å²) in [6.07, 6.45) is 14.0. The summed E-state index contributed by atoms with van der Waals surface area (Å²) in [4.78, 5) is 21.6. The number of benzene rings is 1. The van der Waals surface area contributed by atoms with Gasteiger partial charge < -0.3 is 10.3 Å². The molecule has 0 aliphatic heterocycles. The van der Waals surface area contributed by atoms with Crippen molar-refractivity contribution in [3.05, 3.63) is 85.7 Å². The summed E-state index contributed by atoms with van der Waals surface area (Å²) in [5, 5.41) is 12.2. The van der Waals surface area contributed by atoms with Crippen LogP contribution >= 0.6 is 0 Å². The van der Waals surface area contributed by atoms with E-state index < -0.39 is 0 Å². The van der Waals surface area contributed by atoms with Crippen LogP contribution in [0.3, 0.4) is 0 Å². The smallest absolute Gasteiger partial charge is 0.159 e. The molecule has 1 aliphatic carbocycles. The van der Waals surface area contributed by atoms with Crippen LogP contribution in [-0.2, 0) is 0 Å². The van der Waals surface area contributed by atoms with Crippen molar-refractivity contribution in [1.82, 2.24) is 35.1 Å². The highest BCUT2D eigenvalue weighted by Gasteiger charge is 2.19. The van der Waals surface area contributed by atoms with Gasteiger partial charge in [0.15, 0.2) is 5.82 Å². The standard InChI is InChI=1S/C30H26N8/c1-18(19-5-2-3-6-19)34-23-13-22(16-32-17-23)20-8-9-25-24(14-20)28(38-37-25)30-35-26-10-12-33-27(29(26)36-30)21-7-4-11-31-15-21/h4,7-17,19,34H,1-3,5-6H2,(H,35,36)(H,37,38). The maximum absolute atomic E-state index is 4.91. The summed E-state index contributed by atoms with van der Waals surface area (Å²) in [5.74, 6) is 1.23. The monoisotopic (exact) mass is 498 g/mol. The van der Waals surface area contributed by atoms with Crippen molar-refractivity contribution in [2.24, 2.45) is 5.92 Å². The molecule has 1 aliphatic rings. The lowest BCUT2D eigenvalue weighted by molar-refractivity contribution is 0.649. The molecule has 0 spiro atoms. The lowest BCUT2D eigenvalue weighted by atomic mass is 10.0. The maximum Gasteiger partial charge on any atom is 0.159 e. The second kappa shape index (κ2) is 9.23. The molecule has 5 heterocycles. The average molecular weight is 499 g/mol. The van der Waals surface area contributed by atoms with Gasteiger partial charge in [-0.2, -0.15) is 5.10 Å². The lowest BCUT2D eigenvalue weighted by Gasteiger charge is -2.16. The van der Waals surface area contributed by atoms with Gasteiger partial charge >= 0.3 is 0 Å². The number of imidazole rings is 1. The van der Waals surface area contributed by atoms with Gasteiger partial charge in [0.25, 0.3) is 0 Å². The summed E-state index contributed by atoms with van der Waals surface area (Å²) in [6.45, 7) is 4.29. The number of anilines is 1. The van der Waals surface area contributed by atoms with E-state index in [-0.39, 0.29) is 0 Å². The molecule has 1 saturated carbocycles. The molecule has 186 valence electrons. The Balaban J connectivity index is 1.25. The van der Waals surface area contributed by atoms with E-state index >= 15 is 0 Å². The summed E-state index contributed by atoms with van der Waals surface area (Å²) in [6, 6.07) is 14.2. The van der Waals surface area contributed by atoms with Crippen molar-refractivity contribution in [3.8, 4) is 33.9 Å². The zero-order valence-corrected chi connectivity index (χ0v) is 20.8. The molecule has 0 atom stereocenters. The molecular weight excluding hydrogens is 472 g/mol. The minimum atomic E-state index is 0.543. The molecule has 6 aromatic rings. The van der Waals surface area contributed by atoms with Gasteiger partial charge in [0.1, 0.15) is 11.2 Å². The zero-order chi connectivity index (χ0) is 25.5. The highest BCUT2D eigenvalue weighted by molar-refractivity contribution is 5.97.